The van der Waals surface area contributed by atoms with Crippen molar-refractivity contribution in [1.29, 1.82) is 0 Å². The molecule has 0 aromatic carbocycles. The van der Waals surface area contributed by atoms with E-state index < -0.39 is 0 Å². The topological polar surface area (TPSA) is 55.4 Å². The molecule has 1 saturated carbocycles. The van der Waals surface area contributed by atoms with Gasteiger partial charge in [0, 0.05) is 0 Å². The van der Waals surface area contributed by atoms with Crippen molar-refractivity contribution in [2.75, 3.05) is 0 Å². The van der Waals surface area contributed by atoms with E-state index in [0.717, 1.165) is 25.7 Å². The van der Waals surface area contributed by atoms with E-state index >= 15 is 0 Å². The Balaban J connectivity index is 1.74. The highest BCUT2D eigenvalue weighted by Crippen LogP contribution is 2.22. The second-order valence-electron chi connectivity index (χ2n) is 3.67. The maximum Gasteiger partial charge on any atom is 0.329 e. The van der Waals surface area contributed by atoms with Crippen LogP contribution >= 0.6 is 0 Å². The standard InChI is InChI=1S/C9H13NO3/c11-8-5-7(10-8)9(12)13-6-3-1-2-4-6/h6-7H,1-5H2,(H,10,11)/t7-/m0/s1. The normalized spacial score (nSPS) is 28.0. The first kappa shape index (κ1) is 8.53. The highest BCUT2D eigenvalue weighted by molar-refractivity contribution is 5.94. The van der Waals surface area contributed by atoms with Crippen molar-refractivity contribution in [1.82, 2.24) is 5.32 Å². The van der Waals surface area contributed by atoms with Gasteiger partial charge in [-0.3, -0.25) is 4.79 Å². The lowest BCUT2D eigenvalue weighted by Crippen LogP contribution is -2.54. The van der Waals surface area contributed by atoms with Gasteiger partial charge in [0.25, 0.3) is 0 Å². The lowest BCUT2D eigenvalue weighted by molar-refractivity contribution is -0.157. The van der Waals surface area contributed by atoms with Crippen LogP contribution in [0.4, 0.5) is 0 Å². The largest absolute Gasteiger partial charge is 0.461 e. The number of ether oxygens (including phenoxy) is 1. The minimum absolute atomic E-state index is 0.0617. The molecule has 1 aliphatic carbocycles. The molecule has 1 heterocycles. The number of rotatable bonds is 2. The van der Waals surface area contributed by atoms with Gasteiger partial charge in [-0.2, -0.15) is 0 Å². The van der Waals surface area contributed by atoms with E-state index in [4.69, 9.17) is 4.74 Å². The van der Waals surface area contributed by atoms with Crippen LogP contribution in [0.5, 0.6) is 0 Å². The van der Waals surface area contributed by atoms with Gasteiger partial charge >= 0.3 is 5.97 Å². The SMILES string of the molecule is O=C1C[C@@H](C(=O)OC2CCCC2)N1. The molecule has 0 bridgehead atoms. The fourth-order valence-corrected chi connectivity index (χ4v) is 1.75. The first-order chi connectivity index (χ1) is 6.25. The third-order valence-electron chi connectivity index (χ3n) is 2.59. The summed E-state index contributed by atoms with van der Waals surface area (Å²) in [7, 11) is 0. The van der Waals surface area contributed by atoms with Crippen LogP contribution in [0.25, 0.3) is 0 Å². The summed E-state index contributed by atoms with van der Waals surface area (Å²) >= 11 is 0. The Morgan fingerprint density at radius 3 is 2.54 bits per heavy atom. The van der Waals surface area contributed by atoms with Gasteiger partial charge in [0.2, 0.25) is 5.91 Å². The van der Waals surface area contributed by atoms with Crippen LogP contribution in [0.2, 0.25) is 0 Å². The van der Waals surface area contributed by atoms with Gasteiger partial charge in [0.1, 0.15) is 12.1 Å². The number of nitrogens with one attached hydrogen (secondary N) is 1. The summed E-state index contributed by atoms with van der Waals surface area (Å²) in [5.41, 5.74) is 0. The average Bonchev–Trinajstić information content (AvgIpc) is 2.51. The number of β-lactam (4-membered cyclic amide) rings is 1. The van der Waals surface area contributed by atoms with Gasteiger partial charge < -0.3 is 10.1 Å². The van der Waals surface area contributed by atoms with Crippen molar-refractivity contribution in [3.63, 3.8) is 0 Å². The predicted molar refractivity (Wildman–Crippen MR) is 44.9 cm³/mol. The molecule has 1 aliphatic heterocycles. The Labute approximate surface area is 76.6 Å². The monoisotopic (exact) mass is 183 g/mol. The molecule has 1 saturated heterocycles. The van der Waals surface area contributed by atoms with Crippen molar-refractivity contribution in [3.05, 3.63) is 0 Å². The van der Waals surface area contributed by atoms with E-state index in [9.17, 15) is 9.59 Å². The summed E-state index contributed by atoms with van der Waals surface area (Å²) < 4.78 is 5.21. The fourth-order valence-electron chi connectivity index (χ4n) is 1.75. The molecule has 0 aromatic rings. The molecule has 72 valence electrons. The molecule has 0 radical (unpaired) electrons. The third kappa shape index (κ3) is 1.82. The van der Waals surface area contributed by atoms with Crippen molar-refractivity contribution in [3.8, 4) is 0 Å². The van der Waals surface area contributed by atoms with Crippen LogP contribution in [0, 0.1) is 0 Å². The van der Waals surface area contributed by atoms with E-state index in [1.165, 1.54) is 0 Å². The number of hydrogen-bond acceptors (Lipinski definition) is 3. The number of carbonyl (C=O) groups is 2. The van der Waals surface area contributed by atoms with E-state index in [0.29, 0.717) is 6.42 Å². The molecule has 4 nitrogen and oxygen atoms in total. The molecular formula is C9H13NO3. The third-order valence-corrected chi connectivity index (χ3v) is 2.59. The summed E-state index contributed by atoms with van der Waals surface area (Å²) in [5.74, 6) is -0.320. The minimum Gasteiger partial charge on any atom is -0.461 e. The first-order valence-corrected chi connectivity index (χ1v) is 4.75. The lowest BCUT2D eigenvalue weighted by atomic mass is 10.1. The van der Waals surface area contributed by atoms with Gasteiger partial charge in [-0.1, -0.05) is 0 Å². The molecule has 4 heteroatoms. The van der Waals surface area contributed by atoms with Crippen LogP contribution in [0.15, 0.2) is 0 Å². The molecule has 2 rings (SSSR count). The summed E-state index contributed by atoms with van der Waals surface area (Å²) in [6.45, 7) is 0. The first-order valence-electron chi connectivity index (χ1n) is 4.75. The zero-order chi connectivity index (χ0) is 9.26. The maximum atomic E-state index is 11.3. The number of amides is 1. The zero-order valence-corrected chi connectivity index (χ0v) is 7.41. The molecule has 1 N–H and O–H groups in total. The van der Waals surface area contributed by atoms with Gasteiger partial charge in [0.05, 0.1) is 6.42 Å². The number of hydrogen-bond donors (Lipinski definition) is 1. The summed E-state index contributed by atoms with van der Waals surface area (Å²) in [4.78, 5) is 21.8. The molecule has 2 fully saturated rings. The van der Waals surface area contributed by atoms with E-state index in [-0.39, 0.29) is 24.0 Å². The number of esters is 1. The molecule has 0 unspecified atom stereocenters. The molecule has 1 amide bonds. The molecule has 0 spiro atoms. The van der Waals surface area contributed by atoms with E-state index in [1.54, 1.807) is 0 Å². The van der Waals surface area contributed by atoms with Crippen molar-refractivity contribution < 1.29 is 14.3 Å². The predicted octanol–water partition coefficient (Wildman–Crippen LogP) is 0.361. The Hall–Kier alpha value is -1.06. The maximum absolute atomic E-state index is 11.3. The lowest BCUT2D eigenvalue weighted by Gasteiger charge is -2.26. The second kappa shape index (κ2) is 3.36. The quantitative estimate of drug-likeness (QED) is 0.496. The van der Waals surface area contributed by atoms with Crippen molar-refractivity contribution >= 4 is 11.9 Å². The molecule has 0 aromatic heterocycles. The van der Waals surface area contributed by atoms with Crippen LogP contribution in [0.3, 0.4) is 0 Å². The molecule has 2 aliphatic rings. The highest BCUT2D eigenvalue weighted by Gasteiger charge is 2.34. The highest BCUT2D eigenvalue weighted by atomic mass is 16.5. The summed E-state index contributed by atoms with van der Waals surface area (Å²) in [6.07, 6.45) is 4.65. The second-order valence-corrected chi connectivity index (χ2v) is 3.67. The van der Waals surface area contributed by atoms with Crippen LogP contribution in [0.1, 0.15) is 32.1 Å². The van der Waals surface area contributed by atoms with Gasteiger partial charge in [-0.05, 0) is 25.7 Å². The van der Waals surface area contributed by atoms with Gasteiger partial charge in [0.15, 0.2) is 0 Å². The Kier molecular flexibility index (Phi) is 2.20. The van der Waals surface area contributed by atoms with Crippen LogP contribution < -0.4 is 5.32 Å². The van der Waals surface area contributed by atoms with Crippen molar-refractivity contribution in [2.24, 2.45) is 0 Å². The minimum atomic E-state index is -0.367. The smallest absolute Gasteiger partial charge is 0.329 e. The average molecular weight is 183 g/mol. The van der Waals surface area contributed by atoms with Crippen molar-refractivity contribution in [2.45, 2.75) is 44.2 Å². The van der Waals surface area contributed by atoms with Gasteiger partial charge in [-0.25, -0.2) is 4.79 Å². The fraction of sp³-hybridized carbons (Fsp3) is 0.778. The number of carbonyl (C=O) groups excluding carboxylic acids is 2. The zero-order valence-electron chi connectivity index (χ0n) is 7.41. The Morgan fingerprint density at radius 2 is 2.00 bits per heavy atom. The molecule has 13 heavy (non-hydrogen) atoms. The summed E-state index contributed by atoms with van der Waals surface area (Å²) in [6, 6.07) is -0.367. The van der Waals surface area contributed by atoms with E-state index in [1.807, 2.05) is 0 Å². The molecule has 1 atom stereocenters. The van der Waals surface area contributed by atoms with Crippen LogP contribution in [-0.2, 0) is 14.3 Å². The Bertz CT molecular complexity index is 225. The Morgan fingerprint density at radius 1 is 1.38 bits per heavy atom. The van der Waals surface area contributed by atoms with Gasteiger partial charge in [-0.15, -0.1) is 0 Å². The summed E-state index contributed by atoms with van der Waals surface area (Å²) in [5, 5.41) is 2.50. The van der Waals surface area contributed by atoms with Crippen LogP contribution in [-0.4, -0.2) is 24.0 Å². The molecular weight excluding hydrogens is 170 g/mol. The van der Waals surface area contributed by atoms with E-state index in [2.05, 4.69) is 5.32 Å².